The molecule has 4 atom stereocenters. The highest BCUT2D eigenvalue weighted by Gasteiger charge is 2.43. The molecule has 1 rings (SSSR count). The summed E-state index contributed by atoms with van der Waals surface area (Å²) >= 11 is 0. The molecule has 0 aliphatic heterocycles. The molecule has 1 N–H and O–H groups in total. The van der Waals surface area contributed by atoms with Crippen molar-refractivity contribution < 1.29 is 5.11 Å². The Hall–Kier alpha value is -0.550. The molecule has 0 radical (unpaired) electrons. The van der Waals surface area contributed by atoms with Crippen molar-refractivity contribution in [3.05, 3.63) is 0 Å². The first-order valence-corrected chi connectivity index (χ1v) is 6.15. The van der Waals surface area contributed by atoms with Crippen LogP contribution in [0.3, 0.4) is 0 Å². The van der Waals surface area contributed by atoms with Crippen LogP contribution in [-0.2, 0) is 0 Å². The lowest BCUT2D eigenvalue weighted by Gasteiger charge is -2.40. The van der Waals surface area contributed by atoms with Gasteiger partial charge in [0.05, 0.1) is 17.6 Å². The summed E-state index contributed by atoms with van der Waals surface area (Å²) in [5.41, 5.74) is -0.465. The maximum Gasteiger partial charge on any atom is 0.0837 e. The number of aliphatic hydroxyl groups is 1. The maximum absolute atomic E-state index is 10.3. The Morgan fingerprint density at radius 1 is 1.60 bits per heavy atom. The van der Waals surface area contributed by atoms with E-state index in [1.54, 1.807) is 0 Å². The molecular formula is C13H23NO. The van der Waals surface area contributed by atoms with Crippen molar-refractivity contribution >= 4 is 0 Å². The third kappa shape index (κ3) is 2.52. The molecule has 0 spiro atoms. The van der Waals surface area contributed by atoms with Crippen LogP contribution in [0.1, 0.15) is 52.9 Å². The Balaban J connectivity index is 2.80. The van der Waals surface area contributed by atoms with Crippen molar-refractivity contribution in [1.29, 1.82) is 5.26 Å². The summed E-state index contributed by atoms with van der Waals surface area (Å²) in [6.07, 6.45) is 4.53. The Labute approximate surface area is 93.3 Å². The summed E-state index contributed by atoms with van der Waals surface area (Å²) < 4.78 is 0. The fraction of sp³-hybridized carbons (Fsp3) is 0.923. The van der Waals surface area contributed by atoms with Crippen LogP contribution in [0.4, 0.5) is 0 Å². The predicted molar refractivity (Wildman–Crippen MR) is 61.1 cm³/mol. The molecule has 4 unspecified atom stereocenters. The zero-order valence-electron chi connectivity index (χ0n) is 10.2. The fourth-order valence-corrected chi connectivity index (χ4v) is 2.80. The molecular weight excluding hydrogens is 186 g/mol. The monoisotopic (exact) mass is 209 g/mol. The molecule has 0 heterocycles. The van der Waals surface area contributed by atoms with Gasteiger partial charge in [-0.05, 0) is 24.7 Å². The minimum Gasteiger partial charge on any atom is -0.391 e. The Morgan fingerprint density at radius 2 is 2.27 bits per heavy atom. The van der Waals surface area contributed by atoms with E-state index in [1.807, 2.05) is 6.92 Å². The second kappa shape index (κ2) is 4.99. The van der Waals surface area contributed by atoms with Crippen LogP contribution in [0.2, 0.25) is 0 Å². The highest BCUT2D eigenvalue weighted by Crippen LogP contribution is 2.43. The zero-order chi connectivity index (χ0) is 11.5. The van der Waals surface area contributed by atoms with E-state index in [2.05, 4.69) is 19.9 Å². The van der Waals surface area contributed by atoms with E-state index in [0.717, 1.165) is 25.7 Å². The highest BCUT2D eigenvalue weighted by molar-refractivity contribution is 5.06. The van der Waals surface area contributed by atoms with Gasteiger partial charge in [0.15, 0.2) is 0 Å². The van der Waals surface area contributed by atoms with Gasteiger partial charge in [0.2, 0.25) is 0 Å². The molecule has 1 aliphatic rings. The quantitative estimate of drug-likeness (QED) is 0.776. The average Bonchev–Trinajstić information content (AvgIpc) is 2.26. The molecule has 86 valence electrons. The van der Waals surface area contributed by atoms with Crippen LogP contribution in [0.5, 0.6) is 0 Å². The largest absolute Gasteiger partial charge is 0.391 e. The number of nitrogens with zero attached hydrogens (tertiary/aromatic N) is 1. The van der Waals surface area contributed by atoms with Crippen LogP contribution >= 0.6 is 0 Å². The number of hydrogen-bond acceptors (Lipinski definition) is 2. The first-order valence-electron chi connectivity index (χ1n) is 6.15. The van der Waals surface area contributed by atoms with Crippen LogP contribution in [0.25, 0.3) is 0 Å². The SMILES string of the molecule is CCC(C)C(O)C1(C#N)CCCC(C)C1. The molecule has 0 aromatic heterocycles. The van der Waals surface area contributed by atoms with Crippen molar-refractivity contribution in [3.63, 3.8) is 0 Å². The van der Waals surface area contributed by atoms with E-state index in [-0.39, 0.29) is 5.92 Å². The lowest BCUT2D eigenvalue weighted by atomic mass is 9.65. The van der Waals surface area contributed by atoms with Crippen LogP contribution in [0, 0.1) is 28.6 Å². The third-order valence-corrected chi connectivity index (χ3v) is 4.00. The molecule has 0 amide bonds. The van der Waals surface area contributed by atoms with Gasteiger partial charge in [-0.25, -0.2) is 0 Å². The van der Waals surface area contributed by atoms with Gasteiger partial charge >= 0.3 is 0 Å². The zero-order valence-corrected chi connectivity index (χ0v) is 10.2. The lowest BCUT2D eigenvalue weighted by molar-refractivity contribution is -0.0136. The van der Waals surface area contributed by atoms with Gasteiger partial charge in [-0.15, -0.1) is 0 Å². The maximum atomic E-state index is 10.3. The minimum absolute atomic E-state index is 0.231. The average molecular weight is 209 g/mol. The first kappa shape index (κ1) is 12.5. The van der Waals surface area contributed by atoms with E-state index in [9.17, 15) is 10.4 Å². The van der Waals surface area contributed by atoms with Crippen molar-refractivity contribution in [3.8, 4) is 6.07 Å². The fourth-order valence-electron chi connectivity index (χ4n) is 2.80. The number of rotatable bonds is 3. The summed E-state index contributed by atoms with van der Waals surface area (Å²) in [6.45, 7) is 6.31. The van der Waals surface area contributed by atoms with Gasteiger partial charge in [0.25, 0.3) is 0 Å². The molecule has 1 aliphatic carbocycles. The predicted octanol–water partition coefficient (Wildman–Crippen LogP) is 3.11. The van der Waals surface area contributed by atoms with Crippen molar-refractivity contribution in [1.82, 2.24) is 0 Å². The smallest absolute Gasteiger partial charge is 0.0837 e. The number of nitriles is 1. The molecule has 1 saturated carbocycles. The van der Waals surface area contributed by atoms with Gasteiger partial charge in [0, 0.05) is 0 Å². The van der Waals surface area contributed by atoms with E-state index >= 15 is 0 Å². The van der Waals surface area contributed by atoms with Crippen LogP contribution in [-0.4, -0.2) is 11.2 Å². The highest BCUT2D eigenvalue weighted by atomic mass is 16.3. The molecule has 15 heavy (non-hydrogen) atoms. The first-order chi connectivity index (χ1) is 7.05. The molecule has 2 heteroatoms. The van der Waals surface area contributed by atoms with Crippen molar-refractivity contribution in [2.75, 3.05) is 0 Å². The Bertz CT molecular complexity index is 245. The number of hydrogen-bond donors (Lipinski definition) is 1. The standard InChI is InChI=1S/C13H23NO/c1-4-11(3)12(15)13(9-14)7-5-6-10(2)8-13/h10-12,15H,4-8H2,1-3H3. The molecule has 1 fully saturated rings. The second-order valence-electron chi connectivity index (χ2n) is 5.30. The Kier molecular flexibility index (Phi) is 4.16. The molecule has 0 saturated heterocycles. The lowest BCUT2D eigenvalue weighted by Crippen LogP contribution is -2.41. The van der Waals surface area contributed by atoms with Crippen molar-refractivity contribution in [2.45, 2.75) is 59.0 Å². The summed E-state index contributed by atoms with van der Waals surface area (Å²) in [4.78, 5) is 0. The number of aliphatic hydroxyl groups excluding tert-OH is 1. The molecule has 0 aromatic carbocycles. The van der Waals surface area contributed by atoms with Gasteiger partial charge in [-0.1, -0.05) is 40.0 Å². The minimum atomic E-state index is -0.465. The Morgan fingerprint density at radius 3 is 2.73 bits per heavy atom. The second-order valence-corrected chi connectivity index (χ2v) is 5.30. The van der Waals surface area contributed by atoms with Crippen LogP contribution in [0.15, 0.2) is 0 Å². The molecule has 2 nitrogen and oxygen atoms in total. The summed E-state index contributed by atoms with van der Waals surface area (Å²) in [6, 6.07) is 2.41. The summed E-state index contributed by atoms with van der Waals surface area (Å²) in [5, 5.41) is 19.7. The molecule has 0 aromatic rings. The molecule has 0 bridgehead atoms. The van der Waals surface area contributed by atoms with Gasteiger partial charge in [-0.3, -0.25) is 0 Å². The third-order valence-electron chi connectivity index (χ3n) is 4.00. The van der Waals surface area contributed by atoms with E-state index in [4.69, 9.17) is 0 Å². The van der Waals surface area contributed by atoms with Crippen molar-refractivity contribution in [2.24, 2.45) is 17.3 Å². The normalized spacial score (nSPS) is 35.5. The van der Waals surface area contributed by atoms with E-state index in [1.165, 1.54) is 6.42 Å². The van der Waals surface area contributed by atoms with Gasteiger partial charge < -0.3 is 5.11 Å². The summed E-state index contributed by atoms with van der Waals surface area (Å²) in [5.74, 6) is 0.812. The van der Waals surface area contributed by atoms with E-state index in [0.29, 0.717) is 5.92 Å². The van der Waals surface area contributed by atoms with E-state index < -0.39 is 11.5 Å². The van der Waals surface area contributed by atoms with Crippen LogP contribution < -0.4 is 0 Å². The van der Waals surface area contributed by atoms with Gasteiger partial charge in [0.1, 0.15) is 0 Å². The summed E-state index contributed by atoms with van der Waals surface area (Å²) in [7, 11) is 0. The topological polar surface area (TPSA) is 44.0 Å². The van der Waals surface area contributed by atoms with Gasteiger partial charge in [-0.2, -0.15) is 5.26 Å².